The standard InChI is InChI=1S/C14H21NOS/c1-10-13(11(2)16)17-14(15-10)12-8-6-4-3-5-7-9-12/h12H,3-9H2,1-2H3. The van der Waals surface area contributed by atoms with Crippen molar-refractivity contribution in [2.75, 3.05) is 0 Å². The molecule has 0 aliphatic heterocycles. The van der Waals surface area contributed by atoms with Crippen LogP contribution in [0.2, 0.25) is 0 Å². The monoisotopic (exact) mass is 251 g/mol. The molecule has 0 bridgehead atoms. The average molecular weight is 251 g/mol. The van der Waals surface area contributed by atoms with Crippen LogP contribution in [-0.2, 0) is 0 Å². The van der Waals surface area contributed by atoms with Crippen molar-refractivity contribution in [3.63, 3.8) is 0 Å². The summed E-state index contributed by atoms with van der Waals surface area (Å²) in [5.41, 5.74) is 0.930. The first-order valence-electron chi connectivity index (χ1n) is 6.66. The molecule has 1 aromatic rings. The topological polar surface area (TPSA) is 30.0 Å². The Morgan fingerprint density at radius 3 is 2.29 bits per heavy atom. The summed E-state index contributed by atoms with van der Waals surface area (Å²) >= 11 is 1.63. The second-order valence-electron chi connectivity index (χ2n) is 5.06. The van der Waals surface area contributed by atoms with Gasteiger partial charge in [0, 0.05) is 12.8 Å². The van der Waals surface area contributed by atoms with Gasteiger partial charge in [-0.1, -0.05) is 32.1 Å². The van der Waals surface area contributed by atoms with Crippen molar-refractivity contribution in [1.29, 1.82) is 0 Å². The molecule has 2 nitrogen and oxygen atoms in total. The molecule has 0 aromatic carbocycles. The molecular weight excluding hydrogens is 230 g/mol. The normalized spacial score (nSPS) is 18.7. The largest absolute Gasteiger partial charge is 0.294 e. The lowest BCUT2D eigenvalue weighted by Gasteiger charge is -2.17. The first-order valence-corrected chi connectivity index (χ1v) is 7.48. The predicted octanol–water partition coefficient (Wildman–Crippen LogP) is 4.48. The summed E-state index contributed by atoms with van der Waals surface area (Å²) in [6.07, 6.45) is 9.26. The highest BCUT2D eigenvalue weighted by Gasteiger charge is 2.20. The fourth-order valence-electron chi connectivity index (χ4n) is 2.62. The maximum absolute atomic E-state index is 11.5. The van der Waals surface area contributed by atoms with Gasteiger partial charge in [-0.15, -0.1) is 11.3 Å². The molecule has 0 saturated heterocycles. The van der Waals surface area contributed by atoms with Crippen LogP contribution in [0, 0.1) is 6.92 Å². The Balaban J connectivity index is 2.14. The van der Waals surface area contributed by atoms with Gasteiger partial charge in [0.25, 0.3) is 0 Å². The molecule has 94 valence electrons. The van der Waals surface area contributed by atoms with E-state index in [1.807, 2.05) is 6.92 Å². The zero-order chi connectivity index (χ0) is 12.3. The van der Waals surface area contributed by atoms with Crippen molar-refractivity contribution < 1.29 is 4.79 Å². The van der Waals surface area contributed by atoms with Gasteiger partial charge in [-0.05, 0) is 19.8 Å². The minimum absolute atomic E-state index is 0.164. The van der Waals surface area contributed by atoms with Gasteiger partial charge in [0.15, 0.2) is 5.78 Å². The molecule has 0 spiro atoms. The fraction of sp³-hybridized carbons (Fsp3) is 0.714. The van der Waals surface area contributed by atoms with E-state index in [-0.39, 0.29) is 5.78 Å². The van der Waals surface area contributed by atoms with Crippen LogP contribution in [0.4, 0.5) is 0 Å². The van der Waals surface area contributed by atoms with E-state index in [1.54, 1.807) is 18.3 Å². The molecule has 1 aromatic heterocycles. The van der Waals surface area contributed by atoms with Crippen LogP contribution in [-0.4, -0.2) is 10.8 Å². The van der Waals surface area contributed by atoms with Crippen molar-refractivity contribution in [1.82, 2.24) is 4.98 Å². The molecule has 0 amide bonds. The van der Waals surface area contributed by atoms with E-state index in [2.05, 4.69) is 4.98 Å². The Labute approximate surface area is 107 Å². The quantitative estimate of drug-likeness (QED) is 0.725. The maximum Gasteiger partial charge on any atom is 0.171 e. The van der Waals surface area contributed by atoms with Crippen molar-refractivity contribution in [3.8, 4) is 0 Å². The van der Waals surface area contributed by atoms with E-state index in [9.17, 15) is 4.79 Å². The Bertz CT molecular complexity index is 389. The number of aromatic nitrogens is 1. The number of carbonyl (C=O) groups is 1. The lowest BCUT2D eigenvalue weighted by atomic mass is 9.92. The second-order valence-corrected chi connectivity index (χ2v) is 6.10. The molecule has 0 atom stereocenters. The molecule has 3 heteroatoms. The van der Waals surface area contributed by atoms with Gasteiger partial charge in [-0.3, -0.25) is 4.79 Å². The SMILES string of the molecule is CC(=O)c1sc(C2CCCCCCC2)nc1C. The minimum Gasteiger partial charge on any atom is -0.294 e. The summed E-state index contributed by atoms with van der Waals surface area (Å²) in [5, 5.41) is 1.20. The van der Waals surface area contributed by atoms with Crippen LogP contribution in [0.15, 0.2) is 0 Å². The molecule has 1 aliphatic rings. The van der Waals surface area contributed by atoms with Crippen LogP contribution in [0.25, 0.3) is 0 Å². The lowest BCUT2D eigenvalue weighted by Crippen LogP contribution is -2.01. The predicted molar refractivity (Wildman–Crippen MR) is 71.9 cm³/mol. The molecule has 2 rings (SSSR count). The van der Waals surface area contributed by atoms with Gasteiger partial charge >= 0.3 is 0 Å². The van der Waals surface area contributed by atoms with Crippen molar-refractivity contribution in [2.45, 2.75) is 64.7 Å². The van der Waals surface area contributed by atoms with Crippen LogP contribution < -0.4 is 0 Å². The number of rotatable bonds is 2. The number of nitrogens with zero attached hydrogens (tertiary/aromatic N) is 1. The van der Waals surface area contributed by atoms with E-state index < -0.39 is 0 Å². The average Bonchev–Trinajstić information content (AvgIpc) is 2.59. The van der Waals surface area contributed by atoms with Gasteiger partial charge in [0.05, 0.1) is 15.6 Å². The summed E-state index contributed by atoms with van der Waals surface area (Å²) in [7, 11) is 0. The lowest BCUT2D eigenvalue weighted by molar-refractivity contribution is 0.102. The van der Waals surface area contributed by atoms with Gasteiger partial charge in [-0.2, -0.15) is 0 Å². The van der Waals surface area contributed by atoms with Crippen LogP contribution >= 0.6 is 11.3 Å². The third kappa shape index (κ3) is 3.15. The van der Waals surface area contributed by atoms with E-state index in [0.717, 1.165) is 10.6 Å². The van der Waals surface area contributed by atoms with Gasteiger partial charge in [0.1, 0.15) is 0 Å². The molecule has 1 fully saturated rings. The number of hydrogen-bond acceptors (Lipinski definition) is 3. The summed E-state index contributed by atoms with van der Waals surface area (Å²) in [6.45, 7) is 3.60. The highest BCUT2D eigenvalue weighted by atomic mass is 32.1. The summed E-state index contributed by atoms with van der Waals surface area (Å²) < 4.78 is 0. The van der Waals surface area contributed by atoms with Gasteiger partial charge in [-0.25, -0.2) is 4.98 Å². The van der Waals surface area contributed by atoms with Crippen LogP contribution in [0.3, 0.4) is 0 Å². The molecule has 0 radical (unpaired) electrons. The fourth-order valence-corrected chi connectivity index (χ4v) is 3.75. The highest BCUT2D eigenvalue weighted by Crippen LogP contribution is 2.34. The minimum atomic E-state index is 0.164. The Kier molecular flexibility index (Phi) is 4.32. The molecule has 0 unspecified atom stereocenters. The van der Waals surface area contributed by atoms with Crippen molar-refractivity contribution in [2.24, 2.45) is 0 Å². The third-order valence-corrected chi connectivity index (χ3v) is 5.01. The van der Waals surface area contributed by atoms with E-state index in [0.29, 0.717) is 5.92 Å². The number of ketones is 1. The Morgan fingerprint density at radius 1 is 1.18 bits per heavy atom. The maximum atomic E-state index is 11.5. The number of Topliss-reactive ketones (excluding diaryl/α,β-unsaturated/α-hetero) is 1. The Morgan fingerprint density at radius 2 is 1.76 bits per heavy atom. The molecule has 17 heavy (non-hydrogen) atoms. The molecule has 1 saturated carbocycles. The molecule has 1 heterocycles. The summed E-state index contributed by atoms with van der Waals surface area (Å²) in [5.74, 6) is 0.768. The summed E-state index contributed by atoms with van der Waals surface area (Å²) in [6, 6.07) is 0. The van der Waals surface area contributed by atoms with Gasteiger partial charge in [0.2, 0.25) is 0 Å². The summed E-state index contributed by atoms with van der Waals surface area (Å²) in [4.78, 5) is 16.9. The van der Waals surface area contributed by atoms with Crippen LogP contribution in [0.5, 0.6) is 0 Å². The van der Waals surface area contributed by atoms with Crippen molar-refractivity contribution >= 4 is 17.1 Å². The van der Waals surface area contributed by atoms with Crippen LogP contribution in [0.1, 0.15) is 78.2 Å². The first kappa shape index (κ1) is 12.7. The second kappa shape index (κ2) is 5.76. The smallest absolute Gasteiger partial charge is 0.171 e. The highest BCUT2D eigenvalue weighted by molar-refractivity contribution is 7.13. The number of hydrogen-bond donors (Lipinski definition) is 0. The zero-order valence-electron chi connectivity index (χ0n) is 10.8. The number of thiazole rings is 1. The van der Waals surface area contributed by atoms with E-state index in [1.165, 1.54) is 50.0 Å². The molecule has 0 N–H and O–H groups in total. The first-order chi connectivity index (χ1) is 8.18. The van der Waals surface area contributed by atoms with Gasteiger partial charge < -0.3 is 0 Å². The Hall–Kier alpha value is -0.700. The van der Waals surface area contributed by atoms with Crippen molar-refractivity contribution in [3.05, 3.63) is 15.6 Å². The number of carbonyl (C=O) groups excluding carboxylic acids is 1. The van der Waals surface area contributed by atoms with E-state index in [4.69, 9.17) is 0 Å². The number of aryl methyl sites for hydroxylation is 1. The molecular formula is C14H21NOS. The van der Waals surface area contributed by atoms with E-state index >= 15 is 0 Å². The zero-order valence-corrected chi connectivity index (χ0v) is 11.6. The third-order valence-electron chi connectivity index (χ3n) is 3.59. The molecule has 1 aliphatic carbocycles.